The molecule has 0 unspecified atom stereocenters. The number of rotatable bonds is 18. The molecule has 394 valence electrons. The van der Waals surface area contributed by atoms with Crippen molar-refractivity contribution in [3.63, 3.8) is 0 Å². The van der Waals surface area contributed by atoms with Crippen molar-refractivity contribution >= 4 is 17.8 Å². The van der Waals surface area contributed by atoms with Gasteiger partial charge in [-0.05, 0) is 0 Å². The second kappa shape index (κ2) is 23.8. The van der Waals surface area contributed by atoms with E-state index in [9.17, 15) is 96.1 Å². The van der Waals surface area contributed by atoms with Gasteiger partial charge in [0, 0.05) is 20.3 Å². The van der Waals surface area contributed by atoms with E-state index in [1.165, 1.54) is 0 Å². The van der Waals surface area contributed by atoms with E-state index in [0.717, 1.165) is 13.8 Å². The summed E-state index contributed by atoms with van der Waals surface area (Å²) in [6, 6.07) is -4.82. The van der Waals surface area contributed by atoms with E-state index in [2.05, 4.69) is 10.6 Å². The van der Waals surface area contributed by atoms with Crippen LogP contribution in [-0.2, 0) is 57.0 Å². The maximum Gasteiger partial charge on any atom is 0.364 e. The molecule has 0 aromatic carbocycles. The van der Waals surface area contributed by atoms with E-state index < -0.39 is 216 Å². The van der Waals surface area contributed by atoms with Crippen molar-refractivity contribution in [2.24, 2.45) is 5.73 Å². The predicted molar refractivity (Wildman–Crippen MR) is 209 cm³/mol. The molecule has 0 aromatic heterocycles. The van der Waals surface area contributed by atoms with Crippen LogP contribution in [0, 0.1) is 0 Å². The Morgan fingerprint density at radius 1 is 0.632 bits per heavy atom. The number of hydrogen-bond donors (Lipinski definition) is 19. The van der Waals surface area contributed by atoms with Gasteiger partial charge in [-0.15, -0.1) is 0 Å². The molecule has 0 aliphatic carbocycles. The molecule has 0 bridgehead atoms. The summed E-state index contributed by atoms with van der Waals surface area (Å²) in [6.45, 7) is -3.00. The molecule has 5 rings (SSSR count). The number of carbonyl (C=O) groups is 3. The summed E-state index contributed by atoms with van der Waals surface area (Å²) in [5.74, 6) is -6.53. The highest BCUT2D eigenvalue weighted by molar-refractivity contribution is 5.76. The Morgan fingerprint density at radius 2 is 1.15 bits per heavy atom. The van der Waals surface area contributed by atoms with Crippen molar-refractivity contribution in [2.75, 3.05) is 33.0 Å². The minimum absolute atomic E-state index is 0.773. The Kier molecular flexibility index (Phi) is 19.7. The van der Waals surface area contributed by atoms with Gasteiger partial charge in [0.25, 0.3) is 5.79 Å². The lowest BCUT2D eigenvalue weighted by Crippen LogP contribution is -2.70. The first-order valence-corrected chi connectivity index (χ1v) is 21.3. The third-order valence-electron chi connectivity index (χ3n) is 12.2. The molecule has 68 heavy (non-hydrogen) atoms. The molecule has 0 radical (unpaired) electrons. The van der Waals surface area contributed by atoms with Gasteiger partial charge in [0.2, 0.25) is 11.8 Å². The molecule has 26 atom stereocenters. The zero-order valence-corrected chi connectivity index (χ0v) is 36.3. The number of aliphatic hydroxyl groups excluding tert-OH is 15. The number of ether oxygens (including phenoxy) is 9. The van der Waals surface area contributed by atoms with Crippen LogP contribution in [0.4, 0.5) is 0 Å². The third-order valence-corrected chi connectivity index (χ3v) is 12.2. The SMILES string of the molecule is CC(=O)N[C@H]1[C@H](O[C@H]2[C@@H](O)[C@@H](CO)O[C@@H](O[C@H]3[C@H](O)[C@@H](N)[C@H](O)O[C@@H]3CO)[C@@H]2O)O[C@H](CO)[C@@H](O[C@@H]2O[C@H](CO[C@]3(C(=O)O)C[C@H](O)[C@@H](NC(C)=O)[C@H]([C@H](O)[C@H](O)CO)O3)[C@H](O)[C@H](O)[C@H]2O)[C@@H]1O. The van der Waals surface area contributed by atoms with E-state index in [1.54, 1.807) is 0 Å². The summed E-state index contributed by atoms with van der Waals surface area (Å²) in [5, 5.41) is 174. The van der Waals surface area contributed by atoms with Crippen LogP contribution in [0.5, 0.6) is 0 Å². The molecule has 5 saturated heterocycles. The number of aliphatic carboxylic acids is 1. The number of hydrogen-bond acceptors (Lipinski definition) is 28. The number of nitrogens with two attached hydrogens (primary N) is 1. The van der Waals surface area contributed by atoms with Gasteiger partial charge in [0.05, 0.1) is 51.2 Å². The monoisotopic (exact) mass is 997 g/mol. The van der Waals surface area contributed by atoms with Crippen molar-refractivity contribution in [1.82, 2.24) is 10.6 Å². The van der Waals surface area contributed by atoms with Crippen molar-refractivity contribution in [1.29, 1.82) is 0 Å². The van der Waals surface area contributed by atoms with Crippen molar-refractivity contribution in [3.05, 3.63) is 0 Å². The Labute approximate surface area is 385 Å². The molecule has 31 nitrogen and oxygen atoms in total. The van der Waals surface area contributed by atoms with Gasteiger partial charge in [0.1, 0.15) is 110 Å². The summed E-state index contributed by atoms with van der Waals surface area (Å²) >= 11 is 0. The summed E-state index contributed by atoms with van der Waals surface area (Å²) in [6.07, 6.45) is -43.1. The number of nitrogens with one attached hydrogen (secondary N) is 2. The Balaban J connectivity index is 1.35. The highest BCUT2D eigenvalue weighted by Crippen LogP contribution is 2.37. The van der Waals surface area contributed by atoms with E-state index >= 15 is 0 Å². The molecule has 0 saturated carbocycles. The molecule has 0 spiro atoms. The molecule has 0 aromatic rings. The van der Waals surface area contributed by atoms with Crippen molar-refractivity contribution in [2.45, 2.75) is 179 Å². The highest BCUT2D eigenvalue weighted by Gasteiger charge is 2.59. The van der Waals surface area contributed by atoms with E-state index in [-0.39, 0.29) is 0 Å². The lowest BCUT2D eigenvalue weighted by atomic mass is 9.88. The zero-order valence-electron chi connectivity index (χ0n) is 36.3. The van der Waals surface area contributed by atoms with Crippen LogP contribution < -0.4 is 16.4 Å². The molecular weight excluding hydrogens is 934 g/mol. The van der Waals surface area contributed by atoms with Gasteiger partial charge in [-0.2, -0.15) is 0 Å². The molecular formula is C37H63N3O28. The average Bonchev–Trinajstić information content (AvgIpc) is 3.29. The largest absolute Gasteiger partial charge is 0.477 e. The second-order valence-electron chi connectivity index (χ2n) is 17.0. The standard InChI is InChI=1S/C37H63N3O28/c1-9(45)39-18-11(47)3-37(36(58)59,68-30(18)20(49)12(48)4-41)60-8-16-21(50)25(54)26(55)34(64-16)66-29-15(7-44)63-33(19(24(29)53)40-10(2)46)67-31-22(51)13(5-42)62-35(27(31)56)65-28-14(6-43)61-32(57)17(38)23(28)52/h11-35,41-44,47-57H,3-8,38H2,1-2H3,(H,39,45)(H,40,46)(H,58,59)/t11-,12+,13+,14+,15+,16+,17+,18+,19+,20+,21-,22-,23+,24+,25-,26+,27+,28+,29+,30+,31-,32+,33-,34-,35-,37+/m0/s1. The second-order valence-corrected chi connectivity index (χ2v) is 17.0. The molecule has 5 aliphatic heterocycles. The predicted octanol–water partition coefficient (Wildman–Crippen LogP) is -12.5. The maximum atomic E-state index is 12.7. The summed E-state index contributed by atoms with van der Waals surface area (Å²) < 4.78 is 50.6. The summed E-state index contributed by atoms with van der Waals surface area (Å²) in [4.78, 5) is 37.1. The molecule has 5 fully saturated rings. The average molecular weight is 998 g/mol. The maximum absolute atomic E-state index is 12.7. The lowest BCUT2D eigenvalue weighted by molar-refractivity contribution is -0.379. The Bertz CT molecular complexity index is 1660. The van der Waals surface area contributed by atoms with Crippen LogP contribution in [0.3, 0.4) is 0 Å². The van der Waals surface area contributed by atoms with Crippen LogP contribution in [0.1, 0.15) is 20.3 Å². The number of carboxylic acids is 1. The van der Waals surface area contributed by atoms with Crippen LogP contribution in [-0.4, -0.2) is 291 Å². The normalized spacial score (nSPS) is 46.6. The molecule has 20 N–H and O–H groups in total. The smallest absolute Gasteiger partial charge is 0.364 e. The summed E-state index contributed by atoms with van der Waals surface area (Å²) in [5.41, 5.74) is 5.77. The number of aliphatic hydroxyl groups is 15. The van der Waals surface area contributed by atoms with E-state index in [0.29, 0.717) is 0 Å². The van der Waals surface area contributed by atoms with Gasteiger partial charge in [0.15, 0.2) is 25.2 Å². The van der Waals surface area contributed by atoms with Gasteiger partial charge >= 0.3 is 5.97 Å². The third kappa shape index (κ3) is 12.0. The minimum atomic E-state index is -2.95. The Morgan fingerprint density at radius 3 is 1.71 bits per heavy atom. The number of amides is 2. The fourth-order valence-corrected chi connectivity index (χ4v) is 8.46. The van der Waals surface area contributed by atoms with Crippen LogP contribution in [0.15, 0.2) is 0 Å². The first-order valence-electron chi connectivity index (χ1n) is 21.3. The van der Waals surface area contributed by atoms with Gasteiger partial charge < -0.3 is 141 Å². The first kappa shape index (κ1) is 56.3. The zero-order chi connectivity index (χ0) is 50.7. The molecule has 2 amide bonds. The molecule has 5 heterocycles. The highest BCUT2D eigenvalue weighted by atomic mass is 16.8. The van der Waals surface area contributed by atoms with Gasteiger partial charge in [-0.25, -0.2) is 4.79 Å². The minimum Gasteiger partial charge on any atom is -0.477 e. The van der Waals surface area contributed by atoms with Crippen molar-refractivity contribution < 1.29 is 139 Å². The van der Waals surface area contributed by atoms with Crippen LogP contribution >= 0.6 is 0 Å². The quantitative estimate of drug-likeness (QED) is 0.0606. The topological polar surface area (TPSA) is 508 Å². The van der Waals surface area contributed by atoms with Crippen LogP contribution in [0.25, 0.3) is 0 Å². The first-order chi connectivity index (χ1) is 31.9. The number of carbonyl (C=O) groups excluding carboxylic acids is 2. The number of carboxylic acid groups (broad SMARTS) is 1. The van der Waals surface area contributed by atoms with Gasteiger partial charge in [-0.1, -0.05) is 0 Å². The summed E-state index contributed by atoms with van der Waals surface area (Å²) in [7, 11) is 0. The fraction of sp³-hybridized carbons (Fsp3) is 0.919. The van der Waals surface area contributed by atoms with Crippen molar-refractivity contribution in [3.8, 4) is 0 Å². The molecule has 31 heteroatoms. The Hall–Kier alpha value is -2.59. The van der Waals surface area contributed by atoms with E-state index in [4.69, 9.17) is 48.4 Å². The van der Waals surface area contributed by atoms with E-state index in [1.807, 2.05) is 0 Å². The lowest BCUT2D eigenvalue weighted by Gasteiger charge is -2.50. The molecule has 5 aliphatic rings. The van der Waals surface area contributed by atoms with Crippen LogP contribution in [0.2, 0.25) is 0 Å². The van der Waals surface area contributed by atoms with Gasteiger partial charge in [-0.3, -0.25) is 9.59 Å². The fourth-order valence-electron chi connectivity index (χ4n) is 8.46.